The molecule has 0 aliphatic rings. The van der Waals surface area contributed by atoms with Crippen molar-refractivity contribution in [3.63, 3.8) is 0 Å². The summed E-state index contributed by atoms with van der Waals surface area (Å²) in [6.45, 7) is 0. The number of carbonyl (C=O) groups is 1. The van der Waals surface area contributed by atoms with E-state index in [9.17, 15) is 4.79 Å². The third-order valence-electron chi connectivity index (χ3n) is 2.95. The first-order chi connectivity index (χ1) is 9.75. The Morgan fingerprint density at radius 3 is 2.65 bits per heavy atom. The summed E-state index contributed by atoms with van der Waals surface area (Å²) in [5.41, 5.74) is 1.92. The quantitative estimate of drug-likeness (QED) is 0.790. The molecule has 5 nitrogen and oxygen atoms in total. The maximum atomic E-state index is 11.0. The van der Waals surface area contributed by atoms with Gasteiger partial charge < -0.3 is 5.11 Å². The molecule has 2 aromatic heterocycles. The van der Waals surface area contributed by atoms with Gasteiger partial charge in [0.1, 0.15) is 5.82 Å². The maximum Gasteiger partial charge on any atom is 0.335 e. The van der Waals surface area contributed by atoms with Gasteiger partial charge in [-0.15, -0.1) is 0 Å². The maximum absolute atomic E-state index is 11.0. The minimum absolute atomic E-state index is 0.242. The average Bonchev–Trinajstić information content (AvgIpc) is 2.98. The van der Waals surface area contributed by atoms with Gasteiger partial charge in [0.05, 0.1) is 11.3 Å². The summed E-state index contributed by atoms with van der Waals surface area (Å²) in [5.74, 6) is -0.256. The van der Waals surface area contributed by atoms with Crippen molar-refractivity contribution >= 4 is 5.97 Å². The summed E-state index contributed by atoms with van der Waals surface area (Å²) in [6.07, 6.45) is 6.92. The van der Waals surface area contributed by atoms with Crippen molar-refractivity contribution in [2.75, 3.05) is 0 Å². The van der Waals surface area contributed by atoms with Crippen LogP contribution in [0.2, 0.25) is 0 Å². The number of hydrogen-bond donors (Lipinski definition) is 1. The van der Waals surface area contributed by atoms with Gasteiger partial charge in [-0.3, -0.25) is 9.55 Å². The zero-order valence-electron chi connectivity index (χ0n) is 10.5. The number of carboxylic acid groups (broad SMARTS) is 1. The molecule has 0 amide bonds. The molecule has 3 rings (SSSR count). The summed E-state index contributed by atoms with van der Waals surface area (Å²) in [6, 6.07) is 10.5. The monoisotopic (exact) mass is 265 g/mol. The lowest BCUT2D eigenvalue weighted by Crippen LogP contribution is -1.99. The minimum atomic E-state index is -0.950. The summed E-state index contributed by atoms with van der Waals surface area (Å²) < 4.78 is 1.89. The van der Waals surface area contributed by atoms with Crippen LogP contribution in [0.5, 0.6) is 0 Å². The summed E-state index contributed by atoms with van der Waals surface area (Å²) >= 11 is 0. The molecular formula is C15H11N3O2. The first-order valence-corrected chi connectivity index (χ1v) is 6.03. The number of rotatable bonds is 3. The van der Waals surface area contributed by atoms with Crippen molar-refractivity contribution in [1.29, 1.82) is 0 Å². The van der Waals surface area contributed by atoms with Gasteiger partial charge >= 0.3 is 5.97 Å². The fourth-order valence-electron chi connectivity index (χ4n) is 2.02. The van der Waals surface area contributed by atoms with E-state index in [4.69, 9.17) is 5.11 Å². The number of hydrogen-bond acceptors (Lipinski definition) is 3. The highest BCUT2D eigenvalue weighted by molar-refractivity contribution is 5.89. The molecule has 0 bridgehead atoms. The Bertz CT molecular complexity index is 751. The number of imidazole rings is 1. The van der Waals surface area contributed by atoms with Crippen LogP contribution in [0, 0.1) is 0 Å². The first kappa shape index (κ1) is 12.1. The molecule has 0 spiro atoms. The Balaban J connectivity index is 2.10. The molecule has 1 N–H and O–H groups in total. The highest BCUT2D eigenvalue weighted by Crippen LogP contribution is 2.22. The lowest BCUT2D eigenvalue weighted by molar-refractivity contribution is 0.0697. The van der Waals surface area contributed by atoms with Crippen LogP contribution in [-0.2, 0) is 0 Å². The lowest BCUT2D eigenvalue weighted by atomic mass is 10.1. The molecule has 0 atom stereocenters. The fraction of sp³-hybridized carbons (Fsp3) is 0. The second kappa shape index (κ2) is 4.97. The van der Waals surface area contributed by atoms with Crippen LogP contribution in [0.1, 0.15) is 10.4 Å². The van der Waals surface area contributed by atoms with Crippen LogP contribution in [0.15, 0.2) is 61.2 Å². The van der Waals surface area contributed by atoms with Crippen molar-refractivity contribution in [3.05, 3.63) is 66.7 Å². The number of carboxylic acids is 1. The number of aromatic carboxylic acids is 1. The number of nitrogens with zero attached hydrogens (tertiary/aromatic N) is 3. The lowest BCUT2D eigenvalue weighted by Gasteiger charge is -2.08. The van der Waals surface area contributed by atoms with Gasteiger partial charge in [0.25, 0.3) is 0 Å². The van der Waals surface area contributed by atoms with E-state index >= 15 is 0 Å². The van der Waals surface area contributed by atoms with E-state index in [1.54, 1.807) is 36.8 Å². The standard InChI is InChI=1S/C15H11N3O2/c19-15(20)12-3-1-2-11(10-12)14-17-8-9-18(14)13-4-6-16-7-5-13/h1-10H,(H,19,20). The SMILES string of the molecule is O=C(O)c1cccc(-c2nccn2-c2ccncc2)c1. The van der Waals surface area contributed by atoms with Gasteiger partial charge in [-0.1, -0.05) is 12.1 Å². The van der Waals surface area contributed by atoms with E-state index in [1.807, 2.05) is 29.0 Å². The molecule has 0 aliphatic heterocycles. The van der Waals surface area contributed by atoms with Gasteiger partial charge in [0.15, 0.2) is 0 Å². The molecule has 98 valence electrons. The van der Waals surface area contributed by atoms with Crippen molar-refractivity contribution < 1.29 is 9.90 Å². The van der Waals surface area contributed by atoms with Crippen LogP contribution in [0.4, 0.5) is 0 Å². The van der Waals surface area contributed by atoms with E-state index in [1.165, 1.54) is 0 Å². The summed E-state index contributed by atoms with van der Waals surface area (Å²) in [4.78, 5) is 19.3. The molecule has 5 heteroatoms. The van der Waals surface area contributed by atoms with Crippen molar-refractivity contribution in [2.24, 2.45) is 0 Å². The summed E-state index contributed by atoms with van der Waals surface area (Å²) in [5, 5.41) is 9.06. The third kappa shape index (κ3) is 2.16. The third-order valence-corrected chi connectivity index (χ3v) is 2.95. The number of benzene rings is 1. The second-order valence-corrected chi connectivity index (χ2v) is 4.21. The van der Waals surface area contributed by atoms with Crippen LogP contribution in [-0.4, -0.2) is 25.6 Å². The molecular weight excluding hydrogens is 254 g/mol. The molecule has 2 heterocycles. The Kier molecular flexibility index (Phi) is 3.01. The van der Waals surface area contributed by atoms with Crippen molar-refractivity contribution in [2.45, 2.75) is 0 Å². The van der Waals surface area contributed by atoms with Gasteiger partial charge in [0, 0.05) is 30.4 Å². The first-order valence-electron chi connectivity index (χ1n) is 6.03. The predicted molar refractivity (Wildman–Crippen MR) is 73.8 cm³/mol. The van der Waals surface area contributed by atoms with Gasteiger partial charge in [-0.25, -0.2) is 9.78 Å². The Morgan fingerprint density at radius 1 is 1.10 bits per heavy atom. The molecule has 0 unspecified atom stereocenters. The van der Waals surface area contributed by atoms with Crippen LogP contribution >= 0.6 is 0 Å². The fourth-order valence-corrected chi connectivity index (χ4v) is 2.02. The smallest absolute Gasteiger partial charge is 0.335 e. The van der Waals surface area contributed by atoms with Crippen LogP contribution < -0.4 is 0 Å². The van der Waals surface area contributed by atoms with Crippen molar-refractivity contribution in [3.8, 4) is 17.1 Å². The predicted octanol–water partition coefficient (Wildman–Crippen LogP) is 2.63. The normalized spacial score (nSPS) is 10.4. The average molecular weight is 265 g/mol. The molecule has 1 aromatic carbocycles. The van der Waals surface area contributed by atoms with Gasteiger partial charge in [0.2, 0.25) is 0 Å². The largest absolute Gasteiger partial charge is 0.478 e. The zero-order chi connectivity index (χ0) is 13.9. The Hall–Kier alpha value is -2.95. The van der Waals surface area contributed by atoms with E-state index in [2.05, 4.69) is 9.97 Å². The van der Waals surface area contributed by atoms with E-state index in [-0.39, 0.29) is 5.56 Å². The number of aromatic nitrogens is 3. The Morgan fingerprint density at radius 2 is 1.90 bits per heavy atom. The zero-order valence-corrected chi connectivity index (χ0v) is 10.5. The summed E-state index contributed by atoms with van der Waals surface area (Å²) in [7, 11) is 0. The Labute approximate surface area is 115 Å². The molecule has 0 fully saturated rings. The second-order valence-electron chi connectivity index (χ2n) is 4.21. The highest BCUT2D eigenvalue weighted by atomic mass is 16.4. The minimum Gasteiger partial charge on any atom is -0.478 e. The van der Waals surface area contributed by atoms with E-state index in [0.717, 1.165) is 11.3 Å². The molecule has 0 aliphatic carbocycles. The molecule has 0 saturated heterocycles. The van der Waals surface area contributed by atoms with E-state index < -0.39 is 5.97 Å². The highest BCUT2D eigenvalue weighted by Gasteiger charge is 2.10. The molecule has 20 heavy (non-hydrogen) atoms. The van der Waals surface area contributed by atoms with Crippen LogP contribution in [0.3, 0.4) is 0 Å². The van der Waals surface area contributed by atoms with E-state index in [0.29, 0.717) is 5.82 Å². The molecule has 0 radical (unpaired) electrons. The van der Waals surface area contributed by atoms with Crippen LogP contribution in [0.25, 0.3) is 17.1 Å². The molecule has 3 aromatic rings. The number of pyridine rings is 1. The molecule has 0 saturated carbocycles. The van der Waals surface area contributed by atoms with Crippen molar-refractivity contribution in [1.82, 2.24) is 14.5 Å². The van der Waals surface area contributed by atoms with Gasteiger partial charge in [-0.05, 0) is 24.3 Å². The topological polar surface area (TPSA) is 68.0 Å². The van der Waals surface area contributed by atoms with Gasteiger partial charge in [-0.2, -0.15) is 0 Å².